The highest BCUT2D eigenvalue weighted by atomic mass is 32.2. The summed E-state index contributed by atoms with van der Waals surface area (Å²) in [5, 5.41) is 0.767. The largest absolute Gasteiger partial charge is 0.440 e. The van der Waals surface area contributed by atoms with Crippen LogP contribution in [0.25, 0.3) is 11.0 Å². The van der Waals surface area contributed by atoms with E-state index in [-0.39, 0.29) is 18.4 Å². The molecule has 0 bridgehead atoms. The number of ether oxygens (including phenoxy) is 1. The summed E-state index contributed by atoms with van der Waals surface area (Å²) >= 11 is 0. The van der Waals surface area contributed by atoms with Gasteiger partial charge in [-0.2, -0.15) is 8.42 Å². The Morgan fingerprint density at radius 1 is 1.36 bits per heavy atom. The van der Waals surface area contributed by atoms with Crippen molar-refractivity contribution in [3.05, 3.63) is 58.0 Å². The molecule has 0 saturated heterocycles. The van der Waals surface area contributed by atoms with Crippen LogP contribution in [-0.2, 0) is 26.1 Å². The van der Waals surface area contributed by atoms with E-state index in [4.69, 9.17) is 9.15 Å². The summed E-state index contributed by atoms with van der Waals surface area (Å²) in [4.78, 5) is 23.0. The normalized spacial score (nSPS) is 12.8. The molecule has 0 aliphatic rings. The Morgan fingerprint density at radius 2 is 2.04 bits per heavy atom. The highest BCUT2D eigenvalue weighted by Crippen LogP contribution is 2.20. The van der Waals surface area contributed by atoms with Crippen molar-refractivity contribution >= 4 is 27.1 Å². The van der Waals surface area contributed by atoms with Gasteiger partial charge in [0.15, 0.2) is 0 Å². The molecule has 7 nitrogen and oxygen atoms in total. The molecule has 8 heteroatoms. The zero-order valence-electron chi connectivity index (χ0n) is 13.8. The molecular weight excluding hydrogens is 348 g/mol. The minimum atomic E-state index is -4.58. The van der Waals surface area contributed by atoms with Gasteiger partial charge in [-0.05, 0) is 37.5 Å². The van der Waals surface area contributed by atoms with Crippen molar-refractivity contribution < 1.29 is 26.9 Å². The summed E-state index contributed by atoms with van der Waals surface area (Å²) in [7, 11) is -4.58. The maximum atomic E-state index is 11.5. The van der Waals surface area contributed by atoms with Gasteiger partial charge in [-0.15, -0.1) is 0 Å². The molecule has 0 amide bonds. The van der Waals surface area contributed by atoms with Gasteiger partial charge in [0.2, 0.25) is 5.44 Å². The van der Waals surface area contributed by atoms with Crippen molar-refractivity contribution in [3.8, 4) is 0 Å². The summed E-state index contributed by atoms with van der Waals surface area (Å²) in [6.45, 7) is 6.52. The Labute approximate surface area is 144 Å². The quantitative estimate of drug-likeness (QED) is 0.361. The highest BCUT2D eigenvalue weighted by molar-refractivity contribution is 7.86. The second-order valence-corrected chi connectivity index (χ2v) is 7.30. The molecule has 0 radical (unpaired) electrons. The first-order valence-electron chi connectivity index (χ1n) is 7.44. The van der Waals surface area contributed by atoms with Crippen LogP contribution in [0.4, 0.5) is 0 Å². The maximum Gasteiger partial charge on any atom is 0.336 e. The van der Waals surface area contributed by atoms with Gasteiger partial charge >= 0.3 is 21.7 Å². The number of carbonyl (C=O) groups excluding carboxylic acids is 1. The molecule has 0 aliphatic carbocycles. The monoisotopic (exact) mass is 366 g/mol. The Bertz CT molecular complexity index is 986. The molecule has 2 rings (SSSR count). The van der Waals surface area contributed by atoms with Crippen LogP contribution in [0.3, 0.4) is 0 Å². The molecule has 1 heterocycles. The number of fused-ring (bicyclic) bond motifs is 1. The van der Waals surface area contributed by atoms with Gasteiger partial charge in [-0.3, -0.25) is 4.55 Å². The van der Waals surface area contributed by atoms with Gasteiger partial charge in [0.05, 0.1) is 0 Å². The van der Waals surface area contributed by atoms with E-state index in [2.05, 4.69) is 6.58 Å². The third-order valence-corrected chi connectivity index (χ3v) is 4.60. The van der Waals surface area contributed by atoms with Crippen molar-refractivity contribution in [2.75, 3.05) is 0 Å². The van der Waals surface area contributed by atoms with Crippen LogP contribution in [0.1, 0.15) is 24.5 Å². The lowest BCUT2D eigenvalue weighted by atomic mass is 10.1. The van der Waals surface area contributed by atoms with Crippen LogP contribution in [0.2, 0.25) is 0 Å². The van der Waals surface area contributed by atoms with Gasteiger partial charge in [0, 0.05) is 23.4 Å². The van der Waals surface area contributed by atoms with Crippen LogP contribution in [0.15, 0.2) is 45.6 Å². The summed E-state index contributed by atoms with van der Waals surface area (Å²) in [6.07, 6.45) is 0.0287. The van der Waals surface area contributed by atoms with Crippen molar-refractivity contribution in [3.63, 3.8) is 0 Å². The molecule has 1 aromatic heterocycles. The molecule has 0 spiro atoms. The topological polar surface area (TPSA) is 111 Å². The van der Waals surface area contributed by atoms with E-state index >= 15 is 0 Å². The molecule has 25 heavy (non-hydrogen) atoms. The van der Waals surface area contributed by atoms with Crippen LogP contribution >= 0.6 is 0 Å². The first-order chi connectivity index (χ1) is 11.6. The second kappa shape index (κ2) is 7.20. The number of esters is 1. The lowest BCUT2D eigenvalue weighted by molar-refractivity contribution is -0.141. The predicted molar refractivity (Wildman–Crippen MR) is 91.8 cm³/mol. The summed E-state index contributed by atoms with van der Waals surface area (Å²) in [5.74, 6) is -0.900. The van der Waals surface area contributed by atoms with E-state index in [9.17, 15) is 22.6 Å². The summed E-state index contributed by atoms with van der Waals surface area (Å²) in [6, 6.07) is 6.50. The highest BCUT2D eigenvalue weighted by Gasteiger charge is 2.27. The van der Waals surface area contributed by atoms with Crippen LogP contribution in [0, 0.1) is 6.92 Å². The standard InChI is InChI=1S/C17H18O7S/c1-10(2)17(19)24-16(25(20,21)22)7-5-12-4-6-13-11(3)8-15(18)23-14(13)9-12/h4,6,8-9,16H,1,5,7H2,2-3H3,(H,20,21,22). The van der Waals surface area contributed by atoms with Crippen molar-refractivity contribution in [1.29, 1.82) is 0 Å². The lowest BCUT2D eigenvalue weighted by Gasteiger charge is -2.15. The predicted octanol–water partition coefficient (Wildman–Crippen LogP) is 2.37. The van der Waals surface area contributed by atoms with E-state index in [0.717, 1.165) is 10.9 Å². The second-order valence-electron chi connectivity index (χ2n) is 5.75. The van der Waals surface area contributed by atoms with E-state index in [1.165, 1.54) is 13.0 Å². The number of aryl methyl sites for hydroxylation is 2. The summed E-state index contributed by atoms with van der Waals surface area (Å²) in [5.41, 5.74) is -0.336. The molecule has 0 fully saturated rings. The Balaban J connectivity index is 2.22. The Kier molecular flexibility index (Phi) is 5.44. The SMILES string of the molecule is C=C(C)C(=O)OC(CCc1ccc2c(C)cc(=O)oc2c1)S(=O)(=O)O. The summed E-state index contributed by atoms with van der Waals surface area (Å²) < 4.78 is 41.9. The fraction of sp³-hybridized carbons (Fsp3) is 0.294. The van der Waals surface area contributed by atoms with Gasteiger partial charge in [-0.1, -0.05) is 18.7 Å². The van der Waals surface area contributed by atoms with E-state index in [1.807, 2.05) is 0 Å². The van der Waals surface area contributed by atoms with Crippen LogP contribution in [0.5, 0.6) is 0 Å². The van der Waals surface area contributed by atoms with Gasteiger partial charge in [0.1, 0.15) is 5.58 Å². The number of hydrogen-bond donors (Lipinski definition) is 1. The molecular formula is C17H18O7S. The zero-order valence-corrected chi connectivity index (χ0v) is 14.6. The number of benzene rings is 1. The molecule has 1 atom stereocenters. The van der Waals surface area contributed by atoms with Gasteiger partial charge in [0.25, 0.3) is 0 Å². The molecule has 1 N–H and O–H groups in total. The third-order valence-electron chi connectivity index (χ3n) is 3.60. The molecule has 2 aromatic rings. The smallest absolute Gasteiger partial charge is 0.336 e. The van der Waals surface area contributed by atoms with Crippen molar-refractivity contribution in [1.82, 2.24) is 0 Å². The average Bonchev–Trinajstić information content (AvgIpc) is 2.49. The number of hydrogen-bond acceptors (Lipinski definition) is 6. The number of carbonyl (C=O) groups is 1. The van der Waals surface area contributed by atoms with Gasteiger partial charge in [-0.25, -0.2) is 9.59 Å². The first kappa shape index (κ1) is 18.9. The maximum absolute atomic E-state index is 11.5. The van der Waals surface area contributed by atoms with E-state index < -0.39 is 27.1 Å². The zero-order chi connectivity index (χ0) is 18.8. The average molecular weight is 366 g/mol. The third kappa shape index (κ3) is 4.77. The Morgan fingerprint density at radius 3 is 2.64 bits per heavy atom. The van der Waals surface area contributed by atoms with Crippen LogP contribution in [-0.4, -0.2) is 24.4 Å². The minimum absolute atomic E-state index is 0.0246. The molecule has 0 saturated carbocycles. The molecule has 0 aliphatic heterocycles. The molecule has 134 valence electrons. The fourth-order valence-corrected chi connectivity index (χ4v) is 2.92. The fourth-order valence-electron chi connectivity index (χ4n) is 2.30. The van der Waals surface area contributed by atoms with Gasteiger partial charge < -0.3 is 9.15 Å². The Hall–Kier alpha value is -2.45. The van der Waals surface area contributed by atoms with E-state index in [1.54, 1.807) is 25.1 Å². The molecule has 1 aromatic carbocycles. The first-order valence-corrected chi connectivity index (χ1v) is 8.94. The van der Waals surface area contributed by atoms with Crippen molar-refractivity contribution in [2.24, 2.45) is 0 Å². The molecule has 1 unspecified atom stereocenters. The van der Waals surface area contributed by atoms with Crippen molar-refractivity contribution in [2.45, 2.75) is 32.1 Å². The minimum Gasteiger partial charge on any atom is -0.440 e. The number of rotatable bonds is 6. The lowest BCUT2D eigenvalue weighted by Crippen LogP contribution is -2.27. The van der Waals surface area contributed by atoms with E-state index in [0.29, 0.717) is 11.1 Å². The van der Waals surface area contributed by atoms with Crippen LogP contribution < -0.4 is 5.63 Å².